The summed E-state index contributed by atoms with van der Waals surface area (Å²) < 4.78 is 17.6. The highest BCUT2D eigenvalue weighted by atomic mass is 16.5. The molecule has 4 atom stereocenters. The first-order chi connectivity index (χ1) is 20.8. The van der Waals surface area contributed by atoms with Crippen LogP contribution in [0, 0.1) is 23.2 Å². The van der Waals surface area contributed by atoms with Crippen LogP contribution < -0.4 is 10.1 Å². The zero-order valence-electron chi connectivity index (χ0n) is 26.9. The van der Waals surface area contributed by atoms with Crippen LogP contribution in [-0.4, -0.2) is 62.2 Å². The summed E-state index contributed by atoms with van der Waals surface area (Å²) in [5.41, 5.74) is 0.655. The molecule has 0 unspecified atom stereocenters. The Kier molecular flexibility index (Phi) is 11.7. The number of esters is 1. The molecule has 3 aliphatic rings. The first kappa shape index (κ1) is 33.0. The number of piperidine rings is 1. The second kappa shape index (κ2) is 15.2. The molecular formula is C35H52N2O6. The minimum Gasteiger partial charge on any atom is -0.496 e. The van der Waals surface area contributed by atoms with Crippen LogP contribution >= 0.6 is 0 Å². The number of hydrogen-bond acceptors (Lipinski definition) is 6. The van der Waals surface area contributed by atoms with Crippen LogP contribution in [0.3, 0.4) is 0 Å². The smallest absolute Gasteiger partial charge is 0.320 e. The highest BCUT2D eigenvalue weighted by Gasteiger charge is 2.63. The third kappa shape index (κ3) is 7.62. The first-order valence-electron chi connectivity index (χ1n) is 16.4. The van der Waals surface area contributed by atoms with Crippen molar-refractivity contribution in [1.29, 1.82) is 0 Å². The van der Waals surface area contributed by atoms with Crippen molar-refractivity contribution in [1.82, 2.24) is 10.2 Å². The summed E-state index contributed by atoms with van der Waals surface area (Å²) in [6.45, 7) is 7.38. The van der Waals surface area contributed by atoms with Crippen LogP contribution in [0.4, 0.5) is 0 Å². The standard InChI is InChI=1S/C35H52N2O6/c1-6-7-8-9-10-13-20-37-30-22-29(24(2)3)43-32(26-16-17-26)35(30,34(40)42-5)23-27(33(37)39)21-31(38)36-19-18-25-14-11-12-15-28(25)41-4/h11-12,14-15,22,24,26-27,29,32H,6-10,13,16-21,23H2,1-5H3,(H,36,38)/t27-,29+,32+,35+/m0/s1. The normalized spacial score (nSPS) is 25.3. The van der Waals surface area contributed by atoms with Gasteiger partial charge in [-0.2, -0.15) is 0 Å². The van der Waals surface area contributed by atoms with Gasteiger partial charge in [-0.25, -0.2) is 0 Å². The van der Waals surface area contributed by atoms with Gasteiger partial charge < -0.3 is 24.4 Å². The number of nitrogens with one attached hydrogen (secondary N) is 1. The SMILES string of the molecule is CCCCCCCCN1C(=O)[C@@H](CC(=O)NCCc2ccccc2OC)C[C@@]2(C(=O)OC)C1=C[C@H](C(C)C)O[C@@H]2C1CC1. The maximum Gasteiger partial charge on any atom is 0.320 e. The molecule has 2 fully saturated rings. The second-order valence-corrected chi connectivity index (χ2v) is 12.9. The van der Waals surface area contributed by atoms with Crippen molar-refractivity contribution in [3.05, 3.63) is 41.6 Å². The van der Waals surface area contributed by atoms with Gasteiger partial charge in [0.15, 0.2) is 0 Å². The second-order valence-electron chi connectivity index (χ2n) is 12.9. The van der Waals surface area contributed by atoms with Crippen molar-refractivity contribution in [2.45, 2.75) is 104 Å². The van der Waals surface area contributed by atoms with E-state index in [1.807, 2.05) is 35.2 Å². The molecule has 1 aliphatic carbocycles. The number of para-hydroxylation sites is 1. The summed E-state index contributed by atoms with van der Waals surface area (Å²) in [6.07, 6.45) is 10.9. The number of carbonyl (C=O) groups excluding carboxylic acids is 3. The van der Waals surface area contributed by atoms with Gasteiger partial charge in [-0.15, -0.1) is 0 Å². The summed E-state index contributed by atoms with van der Waals surface area (Å²) >= 11 is 0. The van der Waals surface area contributed by atoms with E-state index in [2.05, 4.69) is 26.1 Å². The average molecular weight is 597 g/mol. The molecule has 2 aliphatic heterocycles. The van der Waals surface area contributed by atoms with Gasteiger partial charge in [-0.05, 0) is 61.6 Å². The summed E-state index contributed by atoms with van der Waals surface area (Å²) in [5.74, 6) is -0.0429. The van der Waals surface area contributed by atoms with E-state index < -0.39 is 11.3 Å². The van der Waals surface area contributed by atoms with E-state index in [9.17, 15) is 14.4 Å². The number of rotatable bonds is 16. The fourth-order valence-corrected chi connectivity index (χ4v) is 6.87. The van der Waals surface area contributed by atoms with Gasteiger partial charge in [0.2, 0.25) is 11.8 Å². The minimum absolute atomic E-state index is 0.0226. The van der Waals surface area contributed by atoms with E-state index >= 15 is 0 Å². The fraction of sp³-hybridized carbons (Fsp3) is 0.686. The van der Waals surface area contributed by atoms with Crippen molar-refractivity contribution in [3.8, 4) is 5.75 Å². The van der Waals surface area contributed by atoms with Crippen LogP contribution in [0.2, 0.25) is 0 Å². The summed E-state index contributed by atoms with van der Waals surface area (Å²) in [4.78, 5) is 43.1. The minimum atomic E-state index is -1.10. The van der Waals surface area contributed by atoms with Crippen molar-refractivity contribution in [3.63, 3.8) is 0 Å². The van der Waals surface area contributed by atoms with Crippen LogP contribution in [0.15, 0.2) is 36.0 Å². The van der Waals surface area contributed by atoms with E-state index in [1.165, 1.54) is 26.4 Å². The summed E-state index contributed by atoms with van der Waals surface area (Å²) in [5, 5.41) is 3.01. The van der Waals surface area contributed by atoms with Gasteiger partial charge in [0.1, 0.15) is 11.2 Å². The Morgan fingerprint density at radius 1 is 1.09 bits per heavy atom. The molecule has 8 heteroatoms. The lowest BCUT2D eigenvalue weighted by atomic mass is 9.64. The van der Waals surface area contributed by atoms with E-state index in [1.54, 1.807) is 7.11 Å². The molecule has 2 amide bonds. The van der Waals surface area contributed by atoms with Crippen LogP contribution in [0.25, 0.3) is 0 Å². The monoisotopic (exact) mass is 596 g/mol. The Morgan fingerprint density at radius 3 is 2.49 bits per heavy atom. The largest absolute Gasteiger partial charge is 0.496 e. The average Bonchev–Trinajstić information content (AvgIpc) is 3.85. The van der Waals surface area contributed by atoms with Gasteiger partial charge in [0.25, 0.3) is 0 Å². The van der Waals surface area contributed by atoms with Gasteiger partial charge in [-0.1, -0.05) is 71.1 Å². The van der Waals surface area contributed by atoms with Crippen LogP contribution in [-0.2, 0) is 30.3 Å². The number of fused-ring (bicyclic) bond motifs is 1. The topological polar surface area (TPSA) is 94.2 Å². The lowest BCUT2D eigenvalue weighted by molar-refractivity contribution is -0.182. The van der Waals surface area contributed by atoms with Crippen molar-refractivity contribution >= 4 is 17.8 Å². The number of ether oxygens (including phenoxy) is 3. The lowest BCUT2D eigenvalue weighted by Gasteiger charge is -2.53. The number of benzene rings is 1. The third-order valence-electron chi connectivity index (χ3n) is 9.38. The van der Waals surface area contributed by atoms with Gasteiger partial charge >= 0.3 is 5.97 Å². The maximum absolute atomic E-state index is 14.2. The first-order valence-corrected chi connectivity index (χ1v) is 16.4. The molecule has 1 saturated heterocycles. The Morgan fingerprint density at radius 2 is 1.81 bits per heavy atom. The fourth-order valence-electron chi connectivity index (χ4n) is 6.87. The molecule has 4 rings (SSSR count). The molecule has 8 nitrogen and oxygen atoms in total. The molecule has 43 heavy (non-hydrogen) atoms. The maximum atomic E-state index is 14.2. The van der Waals surface area contributed by atoms with E-state index in [0.29, 0.717) is 19.5 Å². The molecule has 0 radical (unpaired) electrons. The highest BCUT2D eigenvalue weighted by molar-refractivity contribution is 5.92. The molecule has 0 spiro atoms. The lowest BCUT2D eigenvalue weighted by Crippen LogP contribution is -2.62. The number of unbranched alkanes of at least 4 members (excludes halogenated alkanes) is 5. The third-order valence-corrected chi connectivity index (χ3v) is 9.38. The van der Waals surface area contributed by atoms with E-state index in [0.717, 1.165) is 49.1 Å². The highest BCUT2D eigenvalue weighted by Crippen LogP contribution is 2.56. The molecule has 1 N–H and O–H groups in total. The summed E-state index contributed by atoms with van der Waals surface area (Å²) in [7, 11) is 3.05. The number of nitrogens with zero attached hydrogens (tertiary/aromatic N) is 1. The zero-order chi connectivity index (χ0) is 31.0. The summed E-state index contributed by atoms with van der Waals surface area (Å²) in [6, 6.07) is 7.75. The predicted octanol–water partition coefficient (Wildman–Crippen LogP) is 5.83. The van der Waals surface area contributed by atoms with Crippen molar-refractivity contribution in [2.75, 3.05) is 27.3 Å². The van der Waals surface area contributed by atoms with Gasteiger partial charge in [0, 0.05) is 31.1 Å². The molecule has 1 aromatic rings. The number of hydrogen-bond donors (Lipinski definition) is 1. The van der Waals surface area contributed by atoms with Crippen molar-refractivity contribution in [2.24, 2.45) is 23.2 Å². The molecule has 1 aromatic carbocycles. The van der Waals surface area contributed by atoms with E-state index in [-0.39, 0.29) is 54.7 Å². The van der Waals surface area contributed by atoms with Gasteiger partial charge in [-0.3, -0.25) is 14.4 Å². The Balaban J connectivity index is 1.57. The Bertz CT molecular complexity index is 1140. The van der Waals surface area contributed by atoms with Crippen LogP contribution in [0.1, 0.15) is 90.5 Å². The van der Waals surface area contributed by atoms with E-state index in [4.69, 9.17) is 14.2 Å². The molecular weight excluding hydrogens is 544 g/mol. The zero-order valence-corrected chi connectivity index (χ0v) is 26.9. The Hall–Kier alpha value is -2.87. The molecule has 1 saturated carbocycles. The number of methoxy groups -OCH3 is 2. The number of amides is 2. The predicted molar refractivity (Wildman–Crippen MR) is 166 cm³/mol. The van der Waals surface area contributed by atoms with Crippen LogP contribution in [0.5, 0.6) is 5.75 Å². The molecule has 2 heterocycles. The number of likely N-dealkylation sites (tertiary alicyclic amines) is 1. The quantitative estimate of drug-likeness (QED) is 0.191. The van der Waals surface area contributed by atoms with Crippen molar-refractivity contribution < 1.29 is 28.6 Å². The molecule has 238 valence electrons. The Labute approximate surface area is 257 Å². The molecule has 0 bridgehead atoms. The molecule has 0 aromatic heterocycles. The van der Waals surface area contributed by atoms with Gasteiger partial charge in [0.05, 0.1) is 26.4 Å². The number of carbonyl (C=O) groups is 3.